The maximum absolute atomic E-state index is 13.3. The highest BCUT2D eigenvalue weighted by atomic mass is 16.2. The zero-order chi connectivity index (χ0) is 22.6. The number of hydrogen-bond donors (Lipinski definition) is 0. The molecule has 1 atom stereocenters. The first kappa shape index (κ1) is 21.1. The first-order valence-electron chi connectivity index (χ1n) is 11.7. The van der Waals surface area contributed by atoms with Crippen molar-refractivity contribution in [2.45, 2.75) is 19.3 Å². The molecule has 166 valence electrons. The molecule has 5 nitrogen and oxygen atoms in total. The number of carbonyl (C=O) groups is 1. The monoisotopic (exact) mass is 436 g/mol. The van der Waals surface area contributed by atoms with E-state index in [4.69, 9.17) is 9.97 Å². The van der Waals surface area contributed by atoms with Gasteiger partial charge in [0.1, 0.15) is 5.69 Å². The Hall–Kier alpha value is -3.73. The van der Waals surface area contributed by atoms with Crippen LogP contribution in [0.3, 0.4) is 0 Å². The SMILES string of the molecule is CC[C@@H](C(=O)N1CCN(c2nc3ccccc3nc2-c2ccccc2)CC1)c1ccccc1. The fourth-order valence-electron chi connectivity index (χ4n) is 4.60. The van der Waals surface area contributed by atoms with E-state index in [-0.39, 0.29) is 11.8 Å². The fourth-order valence-corrected chi connectivity index (χ4v) is 4.60. The van der Waals surface area contributed by atoms with E-state index in [1.807, 2.05) is 65.6 Å². The van der Waals surface area contributed by atoms with Crippen LogP contribution in [0.5, 0.6) is 0 Å². The van der Waals surface area contributed by atoms with Crippen molar-refractivity contribution >= 4 is 22.8 Å². The highest BCUT2D eigenvalue weighted by molar-refractivity contribution is 5.85. The molecule has 1 aromatic heterocycles. The standard InChI is InChI=1S/C28H28N4O/c1-2-23(21-11-5-3-6-12-21)28(33)32-19-17-31(18-20-32)27-26(22-13-7-4-8-14-22)29-24-15-9-10-16-25(24)30-27/h3-16,23H,2,17-20H2,1H3/t23-/m1/s1. The van der Waals surface area contributed by atoms with E-state index in [0.717, 1.165) is 53.2 Å². The number of nitrogens with zero attached hydrogens (tertiary/aromatic N) is 4. The van der Waals surface area contributed by atoms with Crippen LogP contribution in [0.25, 0.3) is 22.3 Å². The van der Waals surface area contributed by atoms with Gasteiger partial charge in [-0.15, -0.1) is 0 Å². The second-order valence-electron chi connectivity index (χ2n) is 8.43. The summed E-state index contributed by atoms with van der Waals surface area (Å²) in [5.74, 6) is 1.02. The van der Waals surface area contributed by atoms with Crippen molar-refractivity contribution in [1.29, 1.82) is 0 Å². The van der Waals surface area contributed by atoms with Gasteiger partial charge in [0.2, 0.25) is 5.91 Å². The number of carbonyl (C=O) groups excluding carboxylic acids is 1. The molecule has 1 saturated heterocycles. The summed E-state index contributed by atoms with van der Waals surface area (Å²) >= 11 is 0. The maximum Gasteiger partial charge on any atom is 0.230 e. The molecule has 0 radical (unpaired) electrons. The number of aromatic nitrogens is 2. The van der Waals surface area contributed by atoms with Gasteiger partial charge in [-0.05, 0) is 24.1 Å². The summed E-state index contributed by atoms with van der Waals surface area (Å²) in [5.41, 5.74) is 4.83. The van der Waals surface area contributed by atoms with E-state index in [2.05, 4.69) is 36.1 Å². The number of benzene rings is 3. The number of hydrogen-bond acceptors (Lipinski definition) is 4. The lowest BCUT2D eigenvalue weighted by Gasteiger charge is -2.37. The van der Waals surface area contributed by atoms with Gasteiger partial charge in [0.05, 0.1) is 17.0 Å². The predicted molar refractivity (Wildman–Crippen MR) is 133 cm³/mol. The second kappa shape index (κ2) is 9.41. The maximum atomic E-state index is 13.3. The van der Waals surface area contributed by atoms with Gasteiger partial charge in [-0.25, -0.2) is 9.97 Å². The van der Waals surface area contributed by atoms with Crippen LogP contribution in [0, 0.1) is 0 Å². The van der Waals surface area contributed by atoms with Gasteiger partial charge < -0.3 is 9.80 Å². The second-order valence-corrected chi connectivity index (χ2v) is 8.43. The lowest BCUT2D eigenvalue weighted by atomic mass is 9.95. The molecule has 0 saturated carbocycles. The Balaban J connectivity index is 1.40. The summed E-state index contributed by atoms with van der Waals surface area (Å²) in [5, 5.41) is 0. The van der Waals surface area contributed by atoms with Gasteiger partial charge in [0.15, 0.2) is 5.82 Å². The number of rotatable bonds is 5. The zero-order valence-corrected chi connectivity index (χ0v) is 18.9. The number of anilines is 1. The molecule has 1 aliphatic heterocycles. The molecular formula is C28H28N4O. The van der Waals surface area contributed by atoms with Crippen LogP contribution in [0.1, 0.15) is 24.8 Å². The van der Waals surface area contributed by atoms with Crippen molar-refractivity contribution in [2.75, 3.05) is 31.1 Å². The summed E-state index contributed by atoms with van der Waals surface area (Å²) in [6.07, 6.45) is 0.803. The molecule has 0 spiro atoms. The highest BCUT2D eigenvalue weighted by Gasteiger charge is 2.29. The molecule has 5 rings (SSSR count). The van der Waals surface area contributed by atoms with Crippen molar-refractivity contribution < 1.29 is 4.79 Å². The van der Waals surface area contributed by atoms with E-state index in [0.29, 0.717) is 13.1 Å². The van der Waals surface area contributed by atoms with Crippen molar-refractivity contribution in [3.63, 3.8) is 0 Å². The van der Waals surface area contributed by atoms with Gasteiger partial charge in [-0.2, -0.15) is 0 Å². The molecule has 1 amide bonds. The third-order valence-electron chi connectivity index (χ3n) is 6.40. The van der Waals surface area contributed by atoms with Gasteiger partial charge in [0.25, 0.3) is 0 Å². The molecule has 33 heavy (non-hydrogen) atoms. The molecule has 5 heteroatoms. The molecular weight excluding hydrogens is 408 g/mol. The molecule has 1 aliphatic rings. The van der Waals surface area contributed by atoms with Crippen LogP contribution in [0.15, 0.2) is 84.9 Å². The molecule has 0 unspecified atom stereocenters. The van der Waals surface area contributed by atoms with Crippen molar-refractivity contribution in [3.8, 4) is 11.3 Å². The van der Waals surface area contributed by atoms with Gasteiger partial charge in [0, 0.05) is 31.7 Å². The Morgan fingerprint density at radius 3 is 2.00 bits per heavy atom. The highest BCUT2D eigenvalue weighted by Crippen LogP contribution is 2.31. The Labute approximate surface area is 194 Å². The van der Waals surface area contributed by atoms with Crippen LogP contribution >= 0.6 is 0 Å². The van der Waals surface area contributed by atoms with Crippen molar-refractivity contribution in [3.05, 3.63) is 90.5 Å². The summed E-state index contributed by atoms with van der Waals surface area (Å²) < 4.78 is 0. The smallest absolute Gasteiger partial charge is 0.230 e. The van der Waals surface area contributed by atoms with Crippen LogP contribution in [0.4, 0.5) is 5.82 Å². The lowest BCUT2D eigenvalue weighted by Crippen LogP contribution is -2.50. The third kappa shape index (κ3) is 4.31. The minimum absolute atomic E-state index is 0.0851. The minimum Gasteiger partial charge on any atom is -0.351 e. The summed E-state index contributed by atoms with van der Waals surface area (Å²) in [4.78, 5) is 27.6. The zero-order valence-electron chi connectivity index (χ0n) is 18.9. The minimum atomic E-state index is -0.0851. The fraction of sp³-hybridized carbons (Fsp3) is 0.250. The average Bonchev–Trinajstić information content (AvgIpc) is 2.89. The number of para-hydroxylation sites is 2. The molecule has 4 aromatic rings. The quantitative estimate of drug-likeness (QED) is 0.435. The Kier molecular flexibility index (Phi) is 6.03. The van der Waals surface area contributed by atoms with E-state index in [1.54, 1.807) is 0 Å². The Morgan fingerprint density at radius 2 is 1.36 bits per heavy atom. The summed E-state index contributed by atoms with van der Waals surface area (Å²) in [6, 6.07) is 28.3. The topological polar surface area (TPSA) is 49.3 Å². The van der Waals surface area contributed by atoms with E-state index in [9.17, 15) is 4.79 Å². The van der Waals surface area contributed by atoms with Crippen LogP contribution in [0.2, 0.25) is 0 Å². The Bertz CT molecular complexity index is 1230. The van der Waals surface area contributed by atoms with Crippen molar-refractivity contribution in [1.82, 2.24) is 14.9 Å². The van der Waals surface area contributed by atoms with Crippen LogP contribution < -0.4 is 4.90 Å². The first-order valence-corrected chi connectivity index (χ1v) is 11.7. The normalized spacial score (nSPS) is 14.9. The number of fused-ring (bicyclic) bond motifs is 1. The molecule has 1 fully saturated rings. The average molecular weight is 437 g/mol. The van der Waals surface area contributed by atoms with Crippen LogP contribution in [-0.2, 0) is 4.79 Å². The lowest BCUT2D eigenvalue weighted by molar-refractivity contribution is -0.133. The van der Waals surface area contributed by atoms with Gasteiger partial charge in [-0.1, -0.05) is 79.7 Å². The van der Waals surface area contributed by atoms with Crippen LogP contribution in [-0.4, -0.2) is 47.0 Å². The number of piperazine rings is 1. The molecule has 3 aromatic carbocycles. The molecule has 0 bridgehead atoms. The van der Waals surface area contributed by atoms with Crippen molar-refractivity contribution in [2.24, 2.45) is 0 Å². The third-order valence-corrected chi connectivity index (χ3v) is 6.40. The van der Waals surface area contributed by atoms with E-state index >= 15 is 0 Å². The van der Waals surface area contributed by atoms with Gasteiger partial charge >= 0.3 is 0 Å². The summed E-state index contributed by atoms with van der Waals surface area (Å²) in [6.45, 7) is 4.94. The van der Waals surface area contributed by atoms with Gasteiger partial charge in [-0.3, -0.25) is 4.79 Å². The predicted octanol–water partition coefficient (Wildman–Crippen LogP) is 5.14. The van der Waals surface area contributed by atoms with E-state index in [1.165, 1.54) is 0 Å². The summed E-state index contributed by atoms with van der Waals surface area (Å²) in [7, 11) is 0. The molecule has 2 heterocycles. The largest absolute Gasteiger partial charge is 0.351 e. The number of amides is 1. The first-order chi connectivity index (χ1) is 16.2. The molecule has 0 aliphatic carbocycles. The molecule has 0 N–H and O–H groups in total. The van der Waals surface area contributed by atoms with E-state index < -0.39 is 0 Å². The Morgan fingerprint density at radius 1 is 0.788 bits per heavy atom.